The second-order valence-electron chi connectivity index (χ2n) is 4.83. The van der Waals surface area contributed by atoms with Gasteiger partial charge in [-0.3, -0.25) is 0 Å². The average Bonchev–Trinajstić information content (AvgIpc) is 3.07. The highest BCUT2D eigenvalue weighted by molar-refractivity contribution is 7.09. The van der Waals surface area contributed by atoms with Crippen LogP contribution in [0.3, 0.4) is 0 Å². The maximum absolute atomic E-state index is 5.34. The van der Waals surface area contributed by atoms with Gasteiger partial charge in [-0.15, -0.1) is 5.10 Å². The molecule has 3 rings (SSSR count). The van der Waals surface area contributed by atoms with Crippen LogP contribution >= 0.6 is 11.5 Å². The zero-order chi connectivity index (χ0) is 13.1. The number of aromatic nitrogens is 4. The summed E-state index contributed by atoms with van der Waals surface area (Å²) in [6.07, 6.45) is 4.17. The topological polar surface area (TPSA) is 76.7 Å². The molecule has 102 valence electrons. The molecule has 0 aromatic carbocycles. The van der Waals surface area contributed by atoms with E-state index in [0.717, 1.165) is 42.3 Å². The monoisotopic (exact) mass is 279 g/mol. The summed E-state index contributed by atoms with van der Waals surface area (Å²) in [5, 5.41) is 11.5. The molecule has 2 aromatic heterocycles. The zero-order valence-corrected chi connectivity index (χ0v) is 11.7. The minimum Gasteiger partial charge on any atom is -0.333 e. The van der Waals surface area contributed by atoms with Crippen molar-refractivity contribution < 1.29 is 4.52 Å². The Labute approximate surface area is 115 Å². The Balaban J connectivity index is 1.72. The molecule has 0 bridgehead atoms. The van der Waals surface area contributed by atoms with Gasteiger partial charge in [0.05, 0.1) is 5.69 Å². The molecule has 1 aliphatic heterocycles. The van der Waals surface area contributed by atoms with Gasteiger partial charge in [-0.05, 0) is 49.8 Å². The molecule has 1 aliphatic rings. The Morgan fingerprint density at radius 3 is 3.21 bits per heavy atom. The third kappa shape index (κ3) is 2.82. The highest BCUT2D eigenvalue weighted by atomic mass is 32.1. The first kappa shape index (κ1) is 12.7. The van der Waals surface area contributed by atoms with E-state index in [2.05, 4.69) is 25.0 Å². The minimum absolute atomic E-state index is 0.561. The largest absolute Gasteiger partial charge is 0.333 e. The van der Waals surface area contributed by atoms with E-state index in [1.54, 1.807) is 0 Å². The molecule has 2 aromatic rings. The van der Waals surface area contributed by atoms with Crippen LogP contribution in [0.15, 0.2) is 4.52 Å². The SMILES string of the molecule is CCc1nnsc1-c1nc(CC2CCCNC2)no1. The van der Waals surface area contributed by atoms with Gasteiger partial charge in [0.1, 0.15) is 4.88 Å². The molecule has 0 amide bonds. The van der Waals surface area contributed by atoms with Crippen LogP contribution in [0.5, 0.6) is 0 Å². The lowest BCUT2D eigenvalue weighted by Gasteiger charge is -2.20. The van der Waals surface area contributed by atoms with E-state index in [1.165, 1.54) is 24.4 Å². The molecule has 1 N–H and O–H groups in total. The van der Waals surface area contributed by atoms with Crippen LogP contribution in [0, 0.1) is 5.92 Å². The van der Waals surface area contributed by atoms with Crippen molar-refractivity contribution in [3.05, 3.63) is 11.5 Å². The van der Waals surface area contributed by atoms with Crippen molar-refractivity contribution >= 4 is 11.5 Å². The van der Waals surface area contributed by atoms with Gasteiger partial charge in [0.2, 0.25) is 0 Å². The fourth-order valence-corrected chi connectivity index (χ4v) is 3.06. The van der Waals surface area contributed by atoms with E-state index in [4.69, 9.17) is 4.52 Å². The quantitative estimate of drug-likeness (QED) is 0.917. The van der Waals surface area contributed by atoms with E-state index >= 15 is 0 Å². The van der Waals surface area contributed by atoms with Gasteiger partial charge >= 0.3 is 0 Å². The van der Waals surface area contributed by atoms with Crippen LogP contribution in [0.25, 0.3) is 10.8 Å². The first-order valence-corrected chi connectivity index (χ1v) is 7.49. The molecule has 1 atom stereocenters. The Hall–Kier alpha value is -1.34. The molecular formula is C12H17N5OS. The van der Waals surface area contributed by atoms with E-state index in [-0.39, 0.29) is 0 Å². The molecular weight excluding hydrogens is 262 g/mol. The third-order valence-electron chi connectivity index (χ3n) is 3.42. The van der Waals surface area contributed by atoms with Crippen molar-refractivity contribution in [2.24, 2.45) is 5.92 Å². The van der Waals surface area contributed by atoms with Crippen molar-refractivity contribution in [1.29, 1.82) is 0 Å². The lowest BCUT2D eigenvalue weighted by Crippen LogP contribution is -2.31. The highest BCUT2D eigenvalue weighted by Gasteiger charge is 2.19. The molecule has 19 heavy (non-hydrogen) atoms. The lowest BCUT2D eigenvalue weighted by atomic mass is 9.96. The van der Waals surface area contributed by atoms with Crippen molar-refractivity contribution in [3.8, 4) is 10.8 Å². The molecule has 1 fully saturated rings. The summed E-state index contributed by atoms with van der Waals surface area (Å²) in [6, 6.07) is 0. The molecule has 3 heterocycles. The van der Waals surface area contributed by atoms with Gasteiger partial charge in [-0.1, -0.05) is 16.6 Å². The van der Waals surface area contributed by atoms with Crippen molar-refractivity contribution in [3.63, 3.8) is 0 Å². The highest BCUT2D eigenvalue weighted by Crippen LogP contribution is 2.25. The zero-order valence-electron chi connectivity index (χ0n) is 10.9. The molecule has 0 saturated carbocycles. The Morgan fingerprint density at radius 2 is 2.42 bits per heavy atom. The summed E-state index contributed by atoms with van der Waals surface area (Å²) in [7, 11) is 0. The molecule has 0 radical (unpaired) electrons. The van der Waals surface area contributed by atoms with Crippen LogP contribution in [0.2, 0.25) is 0 Å². The van der Waals surface area contributed by atoms with Crippen LogP contribution in [0.1, 0.15) is 31.3 Å². The first-order chi connectivity index (χ1) is 9.36. The minimum atomic E-state index is 0.561. The van der Waals surface area contributed by atoms with Crippen molar-refractivity contribution in [2.45, 2.75) is 32.6 Å². The second-order valence-corrected chi connectivity index (χ2v) is 5.59. The molecule has 0 aliphatic carbocycles. The predicted molar refractivity (Wildman–Crippen MR) is 71.9 cm³/mol. The van der Waals surface area contributed by atoms with Crippen LogP contribution in [-0.4, -0.2) is 32.8 Å². The fourth-order valence-electron chi connectivity index (χ4n) is 2.39. The summed E-state index contributed by atoms with van der Waals surface area (Å²) < 4.78 is 9.29. The third-order valence-corrected chi connectivity index (χ3v) is 4.18. The Morgan fingerprint density at radius 1 is 1.47 bits per heavy atom. The van der Waals surface area contributed by atoms with Gasteiger partial charge in [-0.25, -0.2) is 0 Å². The van der Waals surface area contributed by atoms with E-state index in [1.807, 2.05) is 6.92 Å². The fraction of sp³-hybridized carbons (Fsp3) is 0.667. The number of aryl methyl sites for hydroxylation is 1. The number of rotatable bonds is 4. The van der Waals surface area contributed by atoms with Crippen LogP contribution in [-0.2, 0) is 12.8 Å². The molecule has 6 nitrogen and oxygen atoms in total. The first-order valence-electron chi connectivity index (χ1n) is 6.71. The number of nitrogens with one attached hydrogen (secondary N) is 1. The summed E-state index contributed by atoms with van der Waals surface area (Å²) in [6.45, 7) is 4.22. The van der Waals surface area contributed by atoms with Gasteiger partial charge in [-0.2, -0.15) is 4.98 Å². The number of hydrogen-bond acceptors (Lipinski definition) is 7. The molecule has 1 unspecified atom stereocenters. The van der Waals surface area contributed by atoms with E-state index in [0.29, 0.717) is 11.8 Å². The average molecular weight is 279 g/mol. The normalized spacial score (nSPS) is 19.7. The van der Waals surface area contributed by atoms with Gasteiger partial charge in [0.15, 0.2) is 5.82 Å². The van der Waals surface area contributed by atoms with Crippen molar-refractivity contribution in [1.82, 2.24) is 25.0 Å². The molecule has 1 saturated heterocycles. The van der Waals surface area contributed by atoms with Gasteiger partial charge in [0, 0.05) is 6.42 Å². The van der Waals surface area contributed by atoms with Gasteiger partial charge < -0.3 is 9.84 Å². The van der Waals surface area contributed by atoms with Crippen LogP contribution < -0.4 is 5.32 Å². The van der Waals surface area contributed by atoms with Gasteiger partial charge in [0.25, 0.3) is 5.89 Å². The second kappa shape index (κ2) is 5.75. The smallest absolute Gasteiger partial charge is 0.271 e. The number of piperidine rings is 1. The lowest BCUT2D eigenvalue weighted by molar-refractivity contribution is 0.360. The number of nitrogens with zero attached hydrogens (tertiary/aromatic N) is 4. The van der Waals surface area contributed by atoms with Crippen LogP contribution in [0.4, 0.5) is 0 Å². The maximum Gasteiger partial charge on any atom is 0.271 e. The molecule has 0 spiro atoms. The Kier molecular flexibility index (Phi) is 3.84. The predicted octanol–water partition coefficient (Wildman–Crippen LogP) is 1.69. The summed E-state index contributed by atoms with van der Waals surface area (Å²) in [5.74, 6) is 1.97. The summed E-state index contributed by atoms with van der Waals surface area (Å²) in [5.41, 5.74) is 0.930. The molecule has 7 heteroatoms. The standard InChI is InChI=1S/C12H17N5OS/c1-2-9-11(19-17-15-9)12-14-10(16-18-12)6-8-4-3-5-13-7-8/h8,13H,2-7H2,1H3. The van der Waals surface area contributed by atoms with Crippen molar-refractivity contribution in [2.75, 3.05) is 13.1 Å². The maximum atomic E-state index is 5.34. The summed E-state index contributed by atoms with van der Waals surface area (Å²) in [4.78, 5) is 5.39. The van der Waals surface area contributed by atoms with E-state index < -0.39 is 0 Å². The van der Waals surface area contributed by atoms with E-state index in [9.17, 15) is 0 Å². The number of hydrogen-bond donors (Lipinski definition) is 1. The Bertz CT molecular complexity index is 532. The summed E-state index contributed by atoms with van der Waals surface area (Å²) >= 11 is 1.32.